The Morgan fingerprint density at radius 1 is 1.33 bits per heavy atom. The van der Waals surface area contributed by atoms with Crippen molar-refractivity contribution in [3.8, 4) is 5.75 Å². The van der Waals surface area contributed by atoms with Crippen molar-refractivity contribution < 1.29 is 9.53 Å². The minimum Gasteiger partial charge on any atom is -0.497 e. The van der Waals surface area contributed by atoms with Crippen molar-refractivity contribution >= 4 is 5.91 Å². The third-order valence-corrected chi connectivity index (χ3v) is 3.51. The summed E-state index contributed by atoms with van der Waals surface area (Å²) in [5.41, 5.74) is 2.32. The first kappa shape index (κ1) is 15.7. The standard InChI is InChI=1S/C16H18N6O2/c1-24-14-4-2-12(3-5-14)9-22-10-15(20-21-22)16(23)18-7-6-13-8-17-11-19-13/h2-5,8,10-11H,6-7,9H2,1H3,(H,17,19)(H,18,23). The fraction of sp³-hybridized carbons (Fsp3) is 0.250. The maximum atomic E-state index is 12.1. The van der Waals surface area contributed by atoms with Crippen LogP contribution in [0.2, 0.25) is 0 Å². The van der Waals surface area contributed by atoms with Crippen molar-refractivity contribution in [3.63, 3.8) is 0 Å². The first-order valence-electron chi connectivity index (χ1n) is 7.53. The second kappa shape index (κ2) is 7.40. The third-order valence-electron chi connectivity index (χ3n) is 3.51. The topological polar surface area (TPSA) is 97.7 Å². The maximum absolute atomic E-state index is 12.1. The van der Waals surface area contributed by atoms with E-state index in [-0.39, 0.29) is 5.91 Å². The molecule has 0 atom stereocenters. The van der Waals surface area contributed by atoms with Gasteiger partial charge in [0.15, 0.2) is 5.69 Å². The SMILES string of the molecule is COc1ccc(Cn2cc(C(=O)NCCc3cnc[nH]3)nn2)cc1. The van der Waals surface area contributed by atoms with E-state index in [1.54, 1.807) is 30.5 Å². The van der Waals surface area contributed by atoms with Gasteiger partial charge >= 0.3 is 0 Å². The van der Waals surface area contributed by atoms with Crippen LogP contribution in [0.15, 0.2) is 43.0 Å². The van der Waals surface area contributed by atoms with Crippen LogP contribution in [-0.2, 0) is 13.0 Å². The number of aromatic nitrogens is 5. The van der Waals surface area contributed by atoms with Gasteiger partial charge in [-0.3, -0.25) is 4.79 Å². The molecule has 2 aromatic heterocycles. The van der Waals surface area contributed by atoms with Crippen molar-refractivity contribution in [2.24, 2.45) is 0 Å². The number of benzene rings is 1. The van der Waals surface area contributed by atoms with E-state index in [9.17, 15) is 4.79 Å². The number of nitrogens with zero attached hydrogens (tertiary/aromatic N) is 4. The summed E-state index contributed by atoms with van der Waals surface area (Å²) < 4.78 is 6.76. The summed E-state index contributed by atoms with van der Waals surface area (Å²) in [7, 11) is 1.63. The molecule has 0 aliphatic carbocycles. The molecule has 1 amide bonds. The van der Waals surface area contributed by atoms with Crippen molar-refractivity contribution in [2.45, 2.75) is 13.0 Å². The molecular formula is C16H18N6O2. The van der Waals surface area contributed by atoms with Crippen LogP contribution in [-0.4, -0.2) is 44.5 Å². The normalized spacial score (nSPS) is 10.5. The Balaban J connectivity index is 1.53. The highest BCUT2D eigenvalue weighted by atomic mass is 16.5. The van der Waals surface area contributed by atoms with Crippen molar-refractivity contribution in [1.29, 1.82) is 0 Å². The molecule has 0 aliphatic rings. The predicted octanol–water partition coefficient (Wildman–Crippen LogP) is 1.03. The van der Waals surface area contributed by atoms with Gasteiger partial charge < -0.3 is 15.0 Å². The lowest BCUT2D eigenvalue weighted by Crippen LogP contribution is -2.26. The summed E-state index contributed by atoms with van der Waals surface area (Å²) in [6.45, 7) is 1.05. The lowest BCUT2D eigenvalue weighted by Gasteiger charge is -2.03. The molecule has 0 saturated heterocycles. The number of carbonyl (C=O) groups excluding carboxylic acids is 1. The van der Waals surface area contributed by atoms with E-state index < -0.39 is 0 Å². The number of methoxy groups -OCH3 is 1. The molecule has 8 nitrogen and oxygen atoms in total. The number of ether oxygens (including phenoxy) is 1. The van der Waals surface area contributed by atoms with Crippen LogP contribution < -0.4 is 10.1 Å². The molecule has 2 N–H and O–H groups in total. The third kappa shape index (κ3) is 3.97. The summed E-state index contributed by atoms with van der Waals surface area (Å²) >= 11 is 0. The van der Waals surface area contributed by atoms with Gasteiger partial charge in [-0.2, -0.15) is 0 Å². The largest absolute Gasteiger partial charge is 0.497 e. The highest BCUT2D eigenvalue weighted by molar-refractivity contribution is 5.91. The van der Waals surface area contributed by atoms with Crippen molar-refractivity contribution in [2.75, 3.05) is 13.7 Å². The van der Waals surface area contributed by atoms with Crippen molar-refractivity contribution in [3.05, 3.63) is 59.9 Å². The maximum Gasteiger partial charge on any atom is 0.273 e. The Morgan fingerprint density at radius 3 is 2.88 bits per heavy atom. The minimum atomic E-state index is -0.240. The second-order valence-corrected chi connectivity index (χ2v) is 5.23. The number of hydrogen-bond donors (Lipinski definition) is 2. The van der Waals surface area contributed by atoms with Crippen LogP contribution in [0, 0.1) is 0 Å². The summed E-state index contributed by atoms with van der Waals surface area (Å²) in [5, 5.41) is 10.7. The van der Waals surface area contributed by atoms with E-state index >= 15 is 0 Å². The van der Waals surface area contributed by atoms with Gasteiger partial charge in [0.25, 0.3) is 5.91 Å². The van der Waals surface area contributed by atoms with E-state index in [1.807, 2.05) is 24.3 Å². The highest BCUT2D eigenvalue weighted by Crippen LogP contribution is 2.12. The number of amides is 1. The molecule has 124 valence electrons. The Bertz CT molecular complexity index is 779. The van der Waals surface area contributed by atoms with E-state index in [0.717, 1.165) is 17.0 Å². The summed E-state index contributed by atoms with van der Waals surface area (Å²) in [6.07, 6.45) is 5.67. The average molecular weight is 326 g/mol. The molecule has 0 radical (unpaired) electrons. The molecule has 0 spiro atoms. The molecule has 0 bridgehead atoms. The van der Waals surface area contributed by atoms with Gasteiger partial charge in [-0.05, 0) is 17.7 Å². The Hall–Kier alpha value is -3.16. The Morgan fingerprint density at radius 2 is 2.17 bits per heavy atom. The van der Waals surface area contributed by atoms with E-state index in [4.69, 9.17) is 4.74 Å². The van der Waals surface area contributed by atoms with Gasteiger partial charge in [0.1, 0.15) is 5.75 Å². The van der Waals surface area contributed by atoms with E-state index in [2.05, 4.69) is 25.6 Å². The Labute approximate surface area is 138 Å². The van der Waals surface area contributed by atoms with Crippen molar-refractivity contribution in [1.82, 2.24) is 30.3 Å². The van der Waals surface area contributed by atoms with Crippen LogP contribution in [0.3, 0.4) is 0 Å². The molecule has 0 fully saturated rings. The number of aromatic amines is 1. The monoisotopic (exact) mass is 326 g/mol. The van der Waals surface area contributed by atoms with E-state index in [0.29, 0.717) is 25.2 Å². The number of imidazole rings is 1. The minimum absolute atomic E-state index is 0.240. The fourth-order valence-corrected chi connectivity index (χ4v) is 2.22. The molecule has 3 aromatic rings. The van der Waals surface area contributed by atoms with Crippen LogP contribution in [0.5, 0.6) is 5.75 Å². The number of nitrogens with one attached hydrogen (secondary N) is 2. The van der Waals surface area contributed by atoms with Crippen LogP contribution in [0.1, 0.15) is 21.7 Å². The zero-order valence-electron chi connectivity index (χ0n) is 13.3. The highest BCUT2D eigenvalue weighted by Gasteiger charge is 2.10. The zero-order chi connectivity index (χ0) is 16.8. The first-order chi connectivity index (χ1) is 11.7. The lowest BCUT2D eigenvalue weighted by atomic mass is 10.2. The average Bonchev–Trinajstić information content (AvgIpc) is 3.27. The van der Waals surface area contributed by atoms with Crippen LogP contribution >= 0.6 is 0 Å². The van der Waals surface area contributed by atoms with Gasteiger partial charge in [0, 0.05) is 24.9 Å². The predicted molar refractivity (Wildman–Crippen MR) is 86.7 cm³/mol. The van der Waals surface area contributed by atoms with Gasteiger partial charge in [-0.15, -0.1) is 5.10 Å². The van der Waals surface area contributed by atoms with Gasteiger partial charge in [-0.1, -0.05) is 17.3 Å². The Kier molecular flexibility index (Phi) is 4.85. The number of hydrogen-bond acceptors (Lipinski definition) is 5. The fourth-order valence-electron chi connectivity index (χ4n) is 2.22. The summed E-state index contributed by atoms with van der Waals surface area (Å²) in [6, 6.07) is 7.67. The van der Waals surface area contributed by atoms with Gasteiger partial charge in [-0.25, -0.2) is 9.67 Å². The van der Waals surface area contributed by atoms with Crippen LogP contribution in [0.25, 0.3) is 0 Å². The molecule has 1 aromatic carbocycles. The molecule has 2 heterocycles. The van der Waals surface area contributed by atoms with E-state index in [1.165, 1.54) is 0 Å². The summed E-state index contributed by atoms with van der Waals surface area (Å²) in [4.78, 5) is 19.0. The second-order valence-electron chi connectivity index (χ2n) is 5.23. The lowest BCUT2D eigenvalue weighted by molar-refractivity contribution is 0.0949. The molecular weight excluding hydrogens is 308 g/mol. The molecule has 3 rings (SSSR count). The number of H-pyrrole nitrogens is 1. The first-order valence-corrected chi connectivity index (χ1v) is 7.53. The van der Waals surface area contributed by atoms with Gasteiger partial charge in [0.05, 0.1) is 26.2 Å². The molecule has 24 heavy (non-hydrogen) atoms. The molecule has 0 saturated carbocycles. The number of carbonyl (C=O) groups is 1. The smallest absolute Gasteiger partial charge is 0.273 e. The number of rotatable bonds is 7. The molecule has 0 aliphatic heterocycles. The summed E-state index contributed by atoms with van der Waals surface area (Å²) in [5.74, 6) is 0.560. The zero-order valence-corrected chi connectivity index (χ0v) is 13.3. The van der Waals surface area contributed by atoms with Gasteiger partial charge in [0.2, 0.25) is 0 Å². The molecule has 8 heteroatoms. The quantitative estimate of drug-likeness (QED) is 0.676. The molecule has 0 unspecified atom stereocenters. The van der Waals surface area contributed by atoms with Crippen LogP contribution in [0.4, 0.5) is 0 Å².